The first-order chi connectivity index (χ1) is 12.5. The fourth-order valence-electron chi connectivity index (χ4n) is 2.60. The maximum absolute atomic E-state index is 12.8. The van der Waals surface area contributed by atoms with Crippen LogP contribution in [-0.2, 0) is 0 Å². The summed E-state index contributed by atoms with van der Waals surface area (Å²) in [5.74, 6) is 0.0275. The molecule has 0 unspecified atom stereocenters. The Morgan fingerprint density at radius 2 is 2.00 bits per heavy atom. The average molecular weight is 386 g/mol. The van der Waals surface area contributed by atoms with Crippen LogP contribution < -0.4 is 10.1 Å². The van der Waals surface area contributed by atoms with Crippen molar-refractivity contribution < 1.29 is 9.53 Å². The number of benzene rings is 1. The van der Waals surface area contributed by atoms with Crippen LogP contribution in [0, 0.1) is 25.2 Å². The first kappa shape index (κ1) is 18.1. The Morgan fingerprint density at radius 1 is 1.31 bits per heavy atom. The molecule has 0 bridgehead atoms. The molecule has 1 aromatic carbocycles. The van der Waals surface area contributed by atoms with E-state index in [4.69, 9.17) is 16.3 Å². The summed E-state index contributed by atoms with van der Waals surface area (Å²) >= 11 is 7.75. The summed E-state index contributed by atoms with van der Waals surface area (Å²) in [7, 11) is 1.50. The average Bonchev–Trinajstić information content (AvgIpc) is 3.24. The molecule has 0 spiro atoms. The van der Waals surface area contributed by atoms with E-state index in [1.807, 2.05) is 42.9 Å². The second-order valence-corrected chi connectivity index (χ2v) is 7.28. The minimum absolute atomic E-state index is 0.306. The van der Waals surface area contributed by atoms with Crippen LogP contribution in [0.5, 0.6) is 5.75 Å². The van der Waals surface area contributed by atoms with Crippen molar-refractivity contribution >= 4 is 33.8 Å². The number of amides is 1. The van der Waals surface area contributed by atoms with Gasteiger partial charge in [0.15, 0.2) is 0 Å². The Labute approximate surface area is 160 Å². The molecule has 0 saturated carbocycles. The van der Waals surface area contributed by atoms with Crippen LogP contribution >= 0.6 is 22.9 Å². The number of aryl methyl sites for hydroxylation is 1. The van der Waals surface area contributed by atoms with Crippen molar-refractivity contribution in [2.45, 2.75) is 13.8 Å². The first-order valence-corrected chi connectivity index (χ1v) is 8.98. The van der Waals surface area contributed by atoms with E-state index in [0.29, 0.717) is 32.6 Å². The molecule has 3 aromatic rings. The number of nitriles is 1. The lowest BCUT2D eigenvalue weighted by molar-refractivity contribution is 0.102. The number of hydrogen-bond donors (Lipinski definition) is 1. The number of rotatable bonds is 4. The molecule has 0 atom stereocenters. The highest BCUT2D eigenvalue weighted by Gasteiger charge is 2.20. The lowest BCUT2D eigenvalue weighted by atomic mass is 10.1. The lowest BCUT2D eigenvalue weighted by Gasteiger charge is -2.13. The Hall–Kier alpha value is -2.75. The van der Waals surface area contributed by atoms with E-state index in [1.54, 1.807) is 12.1 Å². The zero-order valence-electron chi connectivity index (χ0n) is 14.5. The molecule has 0 aliphatic carbocycles. The Bertz CT molecular complexity index is 1020. The van der Waals surface area contributed by atoms with Crippen molar-refractivity contribution in [2.75, 3.05) is 12.4 Å². The summed E-state index contributed by atoms with van der Waals surface area (Å²) in [4.78, 5) is 13.8. The standard InChI is InChI=1S/C19H16ClN3O2S/c1-11-12(2)26-19(14(11)10-21)22-18(24)13-8-15(20)16(9-17(13)25-3)23-6-4-5-7-23/h4-9H,1-3H3,(H,22,24). The van der Waals surface area contributed by atoms with Gasteiger partial charge in [-0.05, 0) is 37.6 Å². The molecule has 0 aliphatic heterocycles. The molecule has 2 heterocycles. The van der Waals surface area contributed by atoms with Crippen LogP contribution in [-0.4, -0.2) is 17.6 Å². The van der Waals surface area contributed by atoms with E-state index in [1.165, 1.54) is 18.4 Å². The SMILES string of the molecule is COc1cc(-n2cccc2)c(Cl)cc1C(=O)Nc1sc(C)c(C)c1C#N. The smallest absolute Gasteiger partial charge is 0.260 e. The molecule has 0 saturated heterocycles. The summed E-state index contributed by atoms with van der Waals surface area (Å²) in [5, 5.41) is 13.1. The number of methoxy groups -OCH3 is 1. The van der Waals surface area contributed by atoms with Gasteiger partial charge in [0, 0.05) is 23.3 Å². The highest BCUT2D eigenvalue weighted by molar-refractivity contribution is 7.16. The number of carbonyl (C=O) groups is 1. The van der Waals surface area contributed by atoms with Gasteiger partial charge in [-0.25, -0.2) is 0 Å². The summed E-state index contributed by atoms with van der Waals surface area (Å²) in [6.45, 7) is 3.78. The maximum atomic E-state index is 12.8. The summed E-state index contributed by atoms with van der Waals surface area (Å²) in [6.07, 6.45) is 3.72. The number of halogens is 1. The van der Waals surface area contributed by atoms with Gasteiger partial charge in [0.1, 0.15) is 16.8 Å². The summed E-state index contributed by atoms with van der Waals surface area (Å²) in [6, 6.07) is 9.20. The van der Waals surface area contributed by atoms with E-state index in [0.717, 1.165) is 10.4 Å². The van der Waals surface area contributed by atoms with Crippen LogP contribution in [0.4, 0.5) is 5.00 Å². The molecule has 132 valence electrons. The monoisotopic (exact) mass is 385 g/mol. The molecule has 0 aliphatic rings. The Balaban J connectivity index is 1.99. The molecular weight excluding hydrogens is 370 g/mol. The van der Waals surface area contributed by atoms with Gasteiger partial charge in [-0.3, -0.25) is 4.79 Å². The van der Waals surface area contributed by atoms with Crippen LogP contribution in [0.15, 0.2) is 36.7 Å². The highest BCUT2D eigenvalue weighted by atomic mass is 35.5. The van der Waals surface area contributed by atoms with Crippen molar-refractivity contribution in [1.82, 2.24) is 4.57 Å². The van der Waals surface area contributed by atoms with Gasteiger partial charge in [0.2, 0.25) is 0 Å². The number of aromatic nitrogens is 1. The summed E-state index contributed by atoms with van der Waals surface area (Å²) in [5.41, 5.74) is 2.38. The first-order valence-electron chi connectivity index (χ1n) is 7.78. The van der Waals surface area contributed by atoms with E-state index in [2.05, 4.69) is 11.4 Å². The Kier molecular flexibility index (Phi) is 5.03. The van der Waals surface area contributed by atoms with E-state index >= 15 is 0 Å². The Morgan fingerprint density at radius 3 is 2.62 bits per heavy atom. The van der Waals surface area contributed by atoms with Crippen LogP contribution in [0.1, 0.15) is 26.4 Å². The molecule has 1 amide bonds. The van der Waals surface area contributed by atoms with Gasteiger partial charge >= 0.3 is 0 Å². The predicted molar refractivity (Wildman–Crippen MR) is 104 cm³/mol. The third-order valence-corrected chi connectivity index (χ3v) is 5.55. The number of nitrogens with one attached hydrogen (secondary N) is 1. The van der Waals surface area contributed by atoms with Crippen molar-refractivity contribution in [2.24, 2.45) is 0 Å². The fraction of sp³-hybridized carbons (Fsp3) is 0.158. The van der Waals surface area contributed by atoms with Crippen molar-refractivity contribution in [3.05, 3.63) is 63.2 Å². The van der Waals surface area contributed by atoms with E-state index in [9.17, 15) is 10.1 Å². The molecule has 7 heteroatoms. The molecular formula is C19H16ClN3O2S. The number of carbonyl (C=O) groups excluding carboxylic acids is 1. The number of hydrogen-bond acceptors (Lipinski definition) is 4. The molecule has 3 rings (SSSR count). The number of ether oxygens (including phenoxy) is 1. The van der Waals surface area contributed by atoms with E-state index in [-0.39, 0.29) is 5.91 Å². The van der Waals surface area contributed by atoms with Gasteiger partial charge in [0.05, 0.1) is 28.9 Å². The molecule has 1 N–H and O–H groups in total. The number of anilines is 1. The zero-order valence-corrected chi connectivity index (χ0v) is 16.0. The molecule has 0 fully saturated rings. The molecule has 5 nitrogen and oxygen atoms in total. The molecule has 26 heavy (non-hydrogen) atoms. The zero-order chi connectivity index (χ0) is 18.8. The van der Waals surface area contributed by atoms with Gasteiger partial charge < -0.3 is 14.6 Å². The lowest BCUT2D eigenvalue weighted by Crippen LogP contribution is -2.13. The van der Waals surface area contributed by atoms with Gasteiger partial charge in [-0.15, -0.1) is 11.3 Å². The van der Waals surface area contributed by atoms with Crippen molar-refractivity contribution in [3.8, 4) is 17.5 Å². The fourth-order valence-corrected chi connectivity index (χ4v) is 3.87. The normalized spacial score (nSPS) is 10.4. The maximum Gasteiger partial charge on any atom is 0.260 e. The minimum atomic E-state index is -0.374. The molecule has 2 aromatic heterocycles. The van der Waals surface area contributed by atoms with Crippen LogP contribution in [0.2, 0.25) is 5.02 Å². The highest BCUT2D eigenvalue weighted by Crippen LogP contribution is 2.34. The van der Waals surface area contributed by atoms with Crippen molar-refractivity contribution in [1.29, 1.82) is 5.26 Å². The molecule has 0 radical (unpaired) electrons. The van der Waals surface area contributed by atoms with Crippen molar-refractivity contribution in [3.63, 3.8) is 0 Å². The quantitative estimate of drug-likeness (QED) is 0.691. The largest absolute Gasteiger partial charge is 0.496 e. The van der Waals surface area contributed by atoms with Crippen LogP contribution in [0.25, 0.3) is 5.69 Å². The number of nitrogens with zero attached hydrogens (tertiary/aromatic N) is 2. The van der Waals surface area contributed by atoms with Crippen LogP contribution in [0.3, 0.4) is 0 Å². The second-order valence-electron chi connectivity index (χ2n) is 5.65. The van der Waals surface area contributed by atoms with Gasteiger partial charge in [0.25, 0.3) is 5.91 Å². The van der Waals surface area contributed by atoms with Gasteiger partial charge in [-0.2, -0.15) is 5.26 Å². The number of thiophene rings is 1. The van der Waals surface area contributed by atoms with E-state index < -0.39 is 0 Å². The third kappa shape index (κ3) is 3.19. The minimum Gasteiger partial charge on any atom is -0.496 e. The third-order valence-electron chi connectivity index (χ3n) is 4.12. The predicted octanol–water partition coefficient (Wildman–Crippen LogP) is 4.94. The summed E-state index contributed by atoms with van der Waals surface area (Å²) < 4.78 is 7.23. The topological polar surface area (TPSA) is 67.0 Å². The van der Waals surface area contributed by atoms with Gasteiger partial charge in [-0.1, -0.05) is 11.6 Å². The second kappa shape index (κ2) is 7.24.